The van der Waals surface area contributed by atoms with Crippen LogP contribution in [0.5, 0.6) is 0 Å². The molecule has 0 radical (unpaired) electrons. The molecule has 2 rings (SSSR count). The van der Waals surface area contributed by atoms with Gasteiger partial charge in [-0.25, -0.2) is 13.6 Å². The Labute approximate surface area is 117 Å². The van der Waals surface area contributed by atoms with E-state index in [1.165, 1.54) is 12.1 Å². The fourth-order valence-corrected chi connectivity index (χ4v) is 2.35. The maximum atomic E-state index is 11.8. The van der Waals surface area contributed by atoms with Gasteiger partial charge in [0.2, 0.25) is 10.0 Å². The molecule has 7 nitrogen and oxygen atoms in total. The van der Waals surface area contributed by atoms with Gasteiger partial charge in [-0.15, -0.1) is 0 Å². The third kappa shape index (κ3) is 4.01. The molecule has 1 aliphatic rings. The Balaban J connectivity index is 1.89. The summed E-state index contributed by atoms with van der Waals surface area (Å²) in [6.45, 7) is 2.07. The average molecular weight is 299 g/mol. The molecular weight excluding hydrogens is 282 g/mol. The van der Waals surface area contributed by atoms with Crippen LogP contribution in [-0.2, 0) is 26.1 Å². The van der Waals surface area contributed by atoms with Gasteiger partial charge < -0.3 is 15.4 Å². The Hall–Kier alpha value is -1.48. The minimum Gasteiger partial charge on any atom is -0.366 e. The van der Waals surface area contributed by atoms with Crippen LogP contribution < -0.4 is 15.8 Å². The fraction of sp³-hybridized carbons (Fsp3) is 0.417. The number of nitrogens with two attached hydrogens (primary N) is 1. The SMILES string of the molecule is NS(=O)(=O)c1ccc(CNC(=O)C2CNCCO2)cc1. The molecule has 1 atom stereocenters. The monoisotopic (exact) mass is 299 g/mol. The number of carbonyl (C=O) groups is 1. The van der Waals surface area contributed by atoms with E-state index in [-0.39, 0.29) is 10.8 Å². The highest BCUT2D eigenvalue weighted by Crippen LogP contribution is 2.08. The largest absolute Gasteiger partial charge is 0.366 e. The van der Waals surface area contributed by atoms with Crippen LogP contribution in [-0.4, -0.2) is 40.1 Å². The van der Waals surface area contributed by atoms with E-state index in [0.717, 1.165) is 12.1 Å². The zero-order valence-corrected chi connectivity index (χ0v) is 11.7. The molecule has 1 aromatic carbocycles. The van der Waals surface area contributed by atoms with Crippen molar-refractivity contribution in [1.82, 2.24) is 10.6 Å². The maximum absolute atomic E-state index is 11.8. The van der Waals surface area contributed by atoms with Crippen LogP contribution >= 0.6 is 0 Å². The lowest BCUT2D eigenvalue weighted by atomic mass is 10.2. The van der Waals surface area contributed by atoms with Gasteiger partial charge in [0.05, 0.1) is 11.5 Å². The minimum absolute atomic E-state index is 0.0485. The van der Waals surface area contributed by atoms with Crippen molar-refractivity contribution in [2.24, 2.45) is 5.14 Å². The lowest BCUT2D eigenvalue weighted by Gasteiger charge is -2.22. The van der Waals surface area contributed by atoms with Gasteiger partial charge in [-0.1, -0.05) is 12.1 Å². The van der Waals surface area contributed by atoms with E-state index in [1.807, 2.05) is 0 Å². The van der Waals surface area contributed by atoms with Crippen molar-refractivity contribution in [3.05, 3.63) is 29.8 Å². The molecule has 1 unspecified atom stereocenters. The maximum Gasteiger partial charge on any atom is 0.250 e. The number of rotatable bonds is 4. The predicted molar refractivity (Wildman–Crippen MR) is 72.3 cm³/mol. The first-order chi connectivity index (χ1) is 9.47. The summed E-state index contributed by atoms with van der Waals surface area (Å²) in [5.41, 5.74) is 0.787. The molecule has 1 fully saturated rings. The third-order valence-electron chi connectivity index (χ3n) is 2.94. The summed E-state index contributed by atoms with van der Waals surface area (Å²) in [4.78, 5) is 11.9. The fourth-order valence-electron chi connectivity index (χ4n) is 1.83. The highest BCUT2D eigenvalue weighted by Gasteiger charge is 2.21. The van der Waals surface area contributed by atoms with Crippen LogP contribution in [0.15, 0.2) is 29.2 Å². The van der Waals surface area contributed by atoms with Gasteiger partial charge in [-0.2, -0.15) is 0 Å². The molecule has 110 valence electrons. The van der Waals surface area contributed by atoms with E-state index in [1.54, 1.807) is 12.1 Å². The van der Waals surface area contributed by atoms with E-state index in [2.05, 4.69) is 10.6 Å². The summed E-state index contributed by atoms with van der Waals surface area (Å²) in [5.74, 6) is -0.187. The Morgan fingerprint density at radius 3 is 2.65 bits per heavy atom. The summed E-state index contributed by atoms with van der Waals surface area (Å²) in [7, 11) is -3.68. The zero-order chi connectivity index (χ0) is 14.6. The molecule has 1 saturated heterocycles. The highest BCUT2D eigenvalue weighted by atomic mass is 32.2. The van der Waals surface area contributed by atoms with Crippen molar-refractivity contribution in [2.75, 3.05) is 19.7 Å². The Kier molecular flexibility index (Phi) is 4.71. The first-order valence-electron chi connectivity index (χ1n) is 6.18. The van der Waals surface area contributed by atoms with Crippen molar-refractivity contribution >= 4 is 15.9 Å². The van der Waals surface area contributed by atoms with Gasteiger partial charge in [0.25, 0.3) is 5.91 Å². The van der Waals surface area contributed by atoms with Crippen LogP contribution in [0, 0.1) is 0 Å². The number of benzene rings is 1. The molecule has 1 amide bonds. The standard InChI is InChI=1S/C12H17N3O4S/c13-20(17,18)10-3-1-9(2-4-10)7-15-12(16)11-8-14-5-6-19-11/h1-4,11,14H,5-8H2,(H,15,16)(H2,13,17,18). The molecule has 20 heavy (non-hydrogen) atoms. The zero-order valence-electron chi connectivity index (χ0n) is 10.8. The van der Waals surface area contributed by atoms with E-state index in [4.69, 9.17) is 9.88 Å². The summed E-state index contributed by atoms with van der Waals surface area (Å²) < 4.78 is 27.5. The first-order valence-corrected chi connectivity index (χ1v) is 7.73. The number of amides is 1. The predicted octanol–water partition coefficient (Wildman–Crippen LogP) is -1.06. The van der Waals surface area contributed by atoms with Gasteiger partial charge >= 0.3 is 0 Å². The number of morpholine rings is 1. The van der Waals surface area contributed by atoms with Crippen LogP contribution in [0.2, 0.25) is 0 Å². The smallest absolute Gasteiger partial charge is 0.250 e. The number of hydrogen-bond acceptors (Lipinski definition) is 5. The number of sulfonamides is 1. The van der Waals surface area contributed by atoms with Crippen molar-refractivity contribution < 1.29 is 17.9 Å². The third-order valence-corrected chi connectivity index (χ3v) is 3.87. The second kappa shape index (κ2) is 6.31. The minimum atomic E-state index is -3.68. The van der Waals surface area contributed by atoms with Crippen molar-refractivity contribution in [1.29, 1.82) is 0 Å². The highest BCUT2D eigenvalue weighted by molar-refractivity contribution is 7.89. The van der Waals surface area contributed by atoms with Gasteiger partial charge in [0.1, 0.15) is 6.10 Å². The topological polar surface area (TPSA) is 111 Å². The van der Waals surface area contributed by atoms with Gasteiger partial charge in [-0.3, -0.25) is 4.79 Å². The molecule has 0 saturated carbocycles. The average Bonchev–Trinajstić information content (AvgIpc) is 2.45. The Morgan fingerprint density at radius 1 is 1.40 bits per heavy atom. The number of hydrogen-bond donors (Lipinski definition) is 3. The molecule has 0 spiro atoms. The molecule has 8 heteroatoms. The summed E-state index contributed by atoms with van der Waals surface area (Å²) >= 11 is 0. The molecule has 4 N–H and O–H groups in total. The van der Waals surface area contributed by atoms with Crippen molar-refractivity contribution in [3.63, 3.8) is 0 Å². The molecule has 0 aromatic heterocycles. The van der Waals surface area contributed by atoms with Gasteiger partial charge in [0.15, 0.2) is 0 Å². The summed E-state index contributed by atoms with van der Waals surface area (Å²) in [5, 5.41) is 10.8. The molecule has 1 aliphatic heterocycles. The number of carbonyl (C=O) groups excluding carboxylic acids is 1. The van der Waals surface area contributed by atoms with Gasteiger partial charge in [0, 0.05) is 19.6 Å². The van der Waals surface area contributed by atoms with Crippen LogP contribution in [0.3, 0.4) is 0 Å². The van der Waals surface area contributed by atoms with E-state index in [9.17, 15) is 13.2 Å². The first kappa shape index (κ1) is 14.9. The summed E-state index contributed by atoms with van der Waals surface area (Å²) in [6, 6.07) is 6.05. The van der Waals surface area contributed by atoms with E-state index >= 15 is 0 Å². The van der Waals surface area contributed by atoms with Crippen molar-refractivity contribution in [3.8, 4) is 0 Å². The second-order valence-corrected chi connectivity index (χ2v) is 6.03. The molecule has 0 bridgehead atoms. The summed E-state index contributed by atoms with van der Waals surface area (Å²) in [6.07, 6.45) is -0.479. The number of primary sulfonamides is 1. The molecule has 1 heterocycles. The Morgan fingerprint density at radius 2 is 2.10 bits per heavy atom. The number of ether oxygens (including phenoxy) is 1. The van der Waals surface area contributed by atoms with E-state index < -0.39 is 16.1 Å². The normalized spacial score (nSPS) is 19.6. The lowest BCUT2D eigenvalue weighted by Crippen LogP contribution is -2.47. The molecular formula is C12H17N3O4S. The van der Waals surface area contributed by atoms with Gasteiger partial charge in [-0.05, 0) is 17.7 Å². The number of nitrogens with one attached hydrogen (secondary N) is 2. The Bertz CT molecular complexity index is 565. The van der Waals surface area contributed by atoms with E-state index in [0.29, 0.717) is 19.7 Å². The lowest BCUT2D eigenvalue weighted by molar-refractivity contribution is -0.134. The van der Waals surface area contributed by atoms with Crippen LogP contribution in [0.1, 0.15) is 5.56 Å². The van der Waals surface area contributed by atoms with Crippen LogP contribution in [0.4, 0.5) is 0 Å². The molecule has 0 aliphatic carbocycles. The molecule has 1 aromatic rings. The quantitative estimate of drug-likeness (QED) is 0.656. The second-order valence-electron chi connectivity index (χ2n) is 4.47. The van der Waals surface area contributed by atoms with Crippen LogP contribution in [0.25, 0.3) is 0 Å². The van der Waals surface area contributed by atoms with Crippen molar-refractivity contribution in [2.45, 2.75) is 17.5 Å².